The summed E-state index contributed by atoms with van der Waals surface area (Å²) in [5, 5.41) is 2.97. The standard InChI is InChI=1S/C18H22F2N4/c1-3-14-6-4-5-9-24(14)17-10-12(2)21-18(23-17)22-13-7-8-15(19)16(20)11-13/h7-8,10-11,14H,3-6,9H2,1-2H3,(H,21,22,23). The number of nitrogens with zero attached hydrogens (tertiary/aromatic N) is 3. The molecule has 0 saturated carbocycles. The van der Waals surface area contributed by atoms with Crippen LogP contribution in [0.25, 0.3) is 0 Å². The summed E-state index contributed by atoms with van der Waals surface area (Å²) in [6.45, 7) is 5.09. The van der Waals surface area contributed by atoms with Crippen LogP contribution in [-0.2, 0) is 0 Å². The van der Waals surface area contributed by atoms with Gasteiger partial charge >= 0.3 is 0 Å². The number of benzene rings is 1. The van der Waals surface area contributed by atoms with Crippen LogP contribution >= 0.6 is 0 Å². The van der Waals surface area contributed by atoms with Gasteiger partial charge in [-0.05, 0) is 44.7 Å². The average Bonchev–Trinajstić information content (AvgIpc) is 2.57. The molecule has 4 nitrogen and oxygen atoms in total. The van der Waals surface area contributed by atoms with Crippen molar-refractivity contribution < 1.29 is 8.78 Å². The Bertz CT molecular complexity index is 720. The highest BCUT2D eigenvalue weighted by atomic mass is 19.2. The zero-order chi connectivity index (χ0) is 17.1. The fraction of sp³-hybridized carbons (Fsp3) is 0.444. The van der Waals surface area contributed by atoms with Crippen LogP contribution in [0.2, 0.25) is 0 Å². The predicted molar refractivity (Wildman–Crippen MR) is 91.7 cm³/mol. The molecule has 1 aromatic heterocycles. The molecular weight excluding hydrogens is 310 g/mol. The van der Waals surface area contributed by atoms with Crippen molar-refractivity contribution in [2.24, 2.45) is 0 Å². The first-order valence-corrected chi connectivity index (χ1v) is 8.41. The lowest BCUT2D eigenvalue weighted by atomic mass is 10.00. The maximum Gasteiger partial charge on any atom is 0.229 e. The molecule has 0 aliphatic carbocycles. The highest BCUT2D eigenvalue weighted by molar-refractivity contribution is 5.56. The van der Waals surface area contributed by atoms with E-state index >= 15 is 0 Å². The van der Waals surface area contributed by atoms with Gasteiger partial charge in [-0.2, -0.15) is 4.98 Å². The Hall–Kier alpha value is -2.24. The molecule has 0 bridgehead atoms. The minimum Gasteiger partial charge on any atom is -0.353 e. The summed E-state index contributed by atoms with van der Waals surface area (Å²) >= 11 is 0. The zero-order valence-corrected chi connectivity index (χ0v) is 14.0. The van der Waals surface area contributed by atoms with E-state index in [0.717, 1.165) is 43.0 Å². The smallest absolute Gasteiger partial charge is 0.229 e. The van der Waals surface area contributed by atoms with Gasteiger partial charge in [0.2, 0.25) is 5.95 Å². The van der Waals surface area contributed by atoms with Gasteiger partial charge in [0.1, 0.15) is 5.82 Å². The van der Waals surface area contributed by atoms with Crippen molar-refractivity contribution in [3.05, 3.63) is 41.6 Å². The van der Waals surface area contributed by atoms with Gasteiger partial charge in [0.15, 0.2) is 11.6 Å². The third-order valence-electron chi connectivity index (χ3n) is 4.41. The SMILES string of the molecule is CCC1CCCCN1c1cc(C)nc(Nc2ccc(F)c(F)c2)n1. The third-order valence-corrected chi connectivity index (χ3v) is 4.41. The van der Waals surface area contributed by atoms with E-state index in [2.05, 4.69) is 27.1 Å². The van der Waals surface area contributed by atoms with E-state index in [1.807, 2.05) is 13.0 Å². The van der Waals surface area contributed by atoms with Crippen LogP contribution in [0.15, 0.2) is 24.3 Å². The lowest BCUT2D eigenvalue weighted by Gasteiger charge is -2.36. The van der Waals surface area contributed by atoms with Crippen LogP contribution in [0, 0.1) is 18.6 Å². The van der Waals surface area contributed by atoms with Crippen molar-refractivity contribution in [3.8, 4) is 0 Å². The summed E-state index contributed by atoms with van der Waals surface area (Å²) in [5.41, 5.74) is 1.27. The molecule has 2 aromatic rings. The summed E-state index contributed by atoms with van der Waals surface area (Å²) in [7, 11) is 0. The van der Waals surface area contributed by atoms with Gasteiger partial charge in [0.25, 0.3) is 0 Å². The van der Waals surface area contributed by atoms with Crippen LogP contribution < -0.4 is 10.2 Å². The van der Waals surface area contributed by atoms with Gasteiger partial charge in [-0.3, -0.25) is 0 Å². The molecule has 0 amide bonds. The summed E-state index contributed by atoms with van der Waals surface area (Å²) in [6, 6.07) is 6.14. The van der Waals surface area contributed by atoms with E-state index in [9.17, 15) is 8.78 Å². The largest absolute Gasteiger partial charge is 0.353 e. The first-order chi connectivity index (χ1) is 11.6. The second-order valence-electron chi connectivity index (χ2n) is 6.20. The predicted octanol–water partition coefficient (Wildman–Crippen LogP) is 4.58. The summed E-state index contributed by atoms with van der Waals surface area (Å²) < 4.78 is 26.4. The molecule has 1 N–H and O–H groups in total. The molecule has 1 aliphatic heterocycles. The molecule has 128 valence electrons. The summed E-state index contributed by atoms with van der Waals surface area (Å²) in [5.74, 6) is -0.476. The summed E-state index contributed by atoms with van der Waals surface area (Å²) in [6.07, 6.45) is 4.66. The number of rotatable bonds is 4. The van der Waals surface area contributed by atoms with Crippen LogP contribution in [0.3, 0.4) is 0 Å². The van der Waals surface area contributed by atoms with E-state index < -0.39 is 11.6 Å². The maximum absolute atomic E-state index is 13.4. The molecule has 1 aromatic carbocycles. The van der Waals surface area contributed by atoms with E-state index in [4.69, 9.17) is 0 Å². The monoisotopic (exact) mass is 332 g/mol. The molecule has 1 atom stereocenters. The number of halogens is 2. The number of piperidine rings is 1. The molecular formula is C18H22F2N4. The minimum atomic E-state index is -0.894. The van der Waals surface area contributed by atoms with Gasteiger partial charge in [0, 0.05) is 36.1 Å². The topological polar surface area (TPSA) is 41.1 Å². The fourth-order valence-corrected chi connectivity index (χ4v) is 3.18. The Labute approximate surface area is 140 Å². The second-order valence-corrected chi connectivity index (χ2v) is 6.20. The normalized spacial score (nSPS) is 17.8. The molecule has 2 heterocycles. The van der Waals surface area contributed by atoms with E-state index in [0.29, 0.717) is 17.7 Å². The Kier molecular flexibility index (Phi) is 4.92. The highest BCUT2D eigenvalue weighted by Gasteiger charge is 2.22. The Morgan fingerprint density at radius 3 is 2.75 bits per heavy atom. The van der Waals surface area contributed by atoms with Gasteiger partial charge in [-0.25, -0.2) is 13.8 Å². The molecule has 1 unspecified atom stereocenters. The first kappa shape index (κ1) is 16.6. The molecule has 0 radical (unpaired) electrons. The Balaban J connectivity index is 1.86. The maximum atomic E-state index is 13.4. The number of hydrogen-bond acceptors (Lipinski definition) is 4. The van der Waals surface area contributed by atoms with Crippen LogP contribution in [0.1, 0.15) is 38.3 Å². The molecule has 24 heavy (non-hydrogen) atoms. The van der Waals surface area contributed by atoms with Crippen molar-refractivity contribution >= 4 is 17.5 Å². The quantitative estimate of drug-likeness (QED) is 0.890. The molecule has 6 heteroatoms. The van der Waals surface area contributed by atoms with E-state index in [-0.39, 0.29) is 0 Å². The zero-order valence-electron chi connectivity index (χ0n) is 14.0. The lowest BCUT2D eigenvalue weighted by Crippen LogP contribution is -2.39. The highest BCUT2D eigenvalue weighted by Crippen LogP contribution is 2.27. The van der Waals surface area contributed by atoms with Crippen LogP contribution in [-0.4, -0.2) is 22.6 Å². The van der Waals surface area contributed by atoms with Crippen LogP contribution in [0.4, 0.5) is 26.2 Å². The van der Waals surface area contributed by atoms with Crippen molar-refractivity contribution in [1.29, 1.82) is 0 Å². The van der Waals surface area contributed by atoms with Crippen molar-refractivity contribution in [2.45, 2.75) is 45.6 Å². The van der Waals surface area contributed by atoms with Crippen molar-refractivity contribution in [2.75, 3.05) is 16.8 Å². The number of hydrogen-bond donors (Lipinski definition) is 1. The van der Waals surface area contributed by atoms with Gasteiger partial charge in [-0.1, -0.05) is 6.92 Å². The molecule has 1 aliphatic rings. The first-order valence-electron chi connectivity index (χ1n) is 8.41. The van der Waals surface area contributed by atoms with Crippen LogP contribution in [0.5, 0.6) is 0 Å². The second kappa shape index (κ2) is 7.11. The van der Waals surface area contributed by atoms with E-state index in [1.54, 1.807) is 0 Å². The van der Waals surface area contributed by atoms with Crippen molar-refractivity contribution in [1.82, 2.24) is 9.97 Å². The number of anilines is 3. The Morgan fingerprint density at radius 2 is 2.00 bits per heavy atom. The third kappa shape index (κ3) is 3.63. The number of nitrogens with one attached hydrogen (secondary N) is 1. The summed E-state index contributed by atoms with van der Waals surface area (Å²) in [4.78, 5) is 11.3. The molecule has 1 saturated heterocycles. The molecule has 3 rings (SSSR count). The fourth-order valence-electron chi connectivity index (χ4n) is 3.18. The Morgan fingerprint density at radius 1 is 1.17 bits per heavy atom. The van der Waals surface area contributed by atoms with Crippen molar-refractivity contribution in [3.63, 3.8) is 0 Å². The lowest BCUT2D eigenvalue weighted by molar-refractivity contribution is 0.446. The number of aromatic nitrogens is 2. The number of aryl methyl sites for hydroxylation is 1. The molecule has 0 spiro atoms. The van der Waals surface area contributed by atoms with E-state index in [1.165, 1.54) is 18.9 Å². The van der Waals surface area contributed by atoms with Gasteiger partial charge < -0.3 is 10.2 Å². The molecule has 1 fully saturated rings. The van der Waals surface area contributed by atoms with Gasteiger partial charge in [-0.15, -0.1) is 0 Å². The minimum absolute atomic E-state index is 0.399. The average molecular weight is 332 g/mol. The van der Waals surface area contributed by atoms with Gasteiger partial charge in [0.05, 0.1) is 0 Å².